The lowest BCUT2D eigenvalue weighted by Gasteiger charge is -2.30. The van der Waals surface area contributed by atoms with E-state index < -0.39 is 17.5 Å². The first-order valence-electron chi connectivity index (χ1n) is 6.07. The quantitative estimate of drug-likeness (QED) is 0.415. The summed E-state index contributed by atoms with van der Waals surface area (Å²) in [5, 5.41) is 16.5. The molecule has 0 aliphatic carbocycles. The zero-order chi connectivity index (χ0) is 13.9. The van der Waals surface area contributed by atoms with E-state index in [2.05, 4.69) is 16.0 Å². The summed E-state index contributed by atoms with van der Waals surface area (Å²) in [6.45, 7) is 0.819. The molecule has 2 rings (SSSR count). The van der Waals surface area contributed by atoms with Crippen LogP contribution >= 0.6 is 0 Å². The summed E-state index contributed by atoms with van der Waals surface area (Å²) >= 11 is 0. The number of piperidine rings is 1. The SMILES string of the molecule is N#CCNC(=O)CN1C(=O)NC2(CCNCC2)C1=O. The van der Waals surface area contributed by atoms with Crippen LogP contribution in [-0.2, 0) is 9.59 Å². The molecule has 8 heteroatoms. The second-order valence-electron chi connectivity index (χ2n) is 4.59. The van der Waals surface area contributed by atoms with Crippen molar-refractivity contribution in [2.75, 3.05) is 26.2 Å². The van der Waals surface area contributed by atoms with Gasteiger partial charge in [0.1, 0.15) is 18.6 Å². The van der Waals surface area contributed by atoms with Crippen LogP contribution < -0.4 is 16.0 Å². The summed E-state index contributed by atoms with van der Waals surface area (Å²) < 4.78 is 0. The molecule has 8 nitrogen and oxygen atoms in total. The third kappa shape index (κ3) is 2.51. The number of rotatable bonds is 3. The van der Waals surface area contributed by atoms with Gasteiger partial charge in [0.05, 0.1) is 6.07 Å². The van der Waals surface area contributed by atoms with E-state index >= 15 is 0 Å². The van der Waals surface area contributed by atoms with Gasteiger partial charge in [-0.25, -0.2) is 4.79 Å². The minimum Gasteiger partial charge on any atom is -0.341 e. The van der Waals surface area contributed by atoms with Gasteiger partial charge in [-0.15, -0.1) is 0 Å². The Morgan fingerprint density at radius 3 is 2.74 bits per heavy atom. The van der Waals surface area contributed by atoms with Crippen molar-refractivity contribution in [2.45, 2.75) is 18.4 Å². The lowest BCUT2D eigenvalue weighted by Crippen LogP contribution is -2.54. The third-order valence-corrected chi connectivity index (χ3v) is 3.37. The number of nitrogens with zero attached hydrogens (tertiary/aromatic N) is 2. The maximum atomic E-state index is 12.3. The number of urea groups is 1. The molecule has 0 aromatic carbocycles. The highest BCUT2D eigenvalue weighted by atomic mass is 16.2. The van der Waals surface area contributed by atoms with Gasteiger partial charge in [-0.05, 0) is 25.9 Å². The lowest BCUT2D eigenvalue weighted by molar-refractivity contribution is -0.135. The van der Waals surface area contributed by atoms with Crippen LogP contribution in [0.1, 0.15) is 12.8 Å². The molecule has 2 aliphatic heterocycles. The van der Waals surface area contributed by atoms with E-state index in [1.54, 1.807) is 6.07 Å². The van der Waals surface area contributed by atoms with Crippen LogP contribution in [0.4, 0.5) is 4.79 Å². The molecule has 4 amide bonds. The Morgan fingerprint density at radius 2 is 2.11 bits per heavy atom. The Bertz CT molecular complexity index is 450. The zero-order valence-electron chi connectivity index (χ0n) is 10.4. The van der Waals surface area contributed by atoms with Gasteiger partial charge in [-0.2, -0.15) is 5.26 Å². The van der Waals surface area contributed by atoms with E-state index in [-0.39, 0.29) is 19.0 Å². The number of amides is 4. The number of carbonyl (C=O) groups excluding carboxylic acids is 3. The van der Waals surface area contributed by atoms with Crippen LogP contribution in [0.3, 0.4) is 0 Å². The first kappa shape index (κ1) is 13.3. The summed E-state index contributed by atoms with van der Waals surface area (Å²) in [6, 6.07) is 1.22. The number of nitrogens with one attached hydrogen (secondary N) is 3. The predicted molar refractivity (Wildman–Crippen MR) is 63.7 cm³/mol. The van der Waals surface area contributed by atoms with Crippen LogP contribution in [0.5, 0.6) is 0 Å². The maximum Gasteiger partial charge on any atom is 0.325 e. The monoisotopic (exact) mass is 265 g/mol. The maximum absolute atomic E-state index is 12.3. The zero-order valence-corrected chi connectivity index (χ0v) is 10.4. The summed E-state index contributed by atoms with van der Waals surface area (Å²) in [4.78, 5) is 36.5. The Morgan fingerprint density at radius 1 is 1.42 bits per heavy atom. The second-order valence-corrected chi connectivity index (χ2v) is 4.59. The molecule has 2 saturated heterocycles. The molecule has 0 bridgehead atoms. The van der Waals surface area contributed by atoms with Crippen LogP contribution in [0.25, 0.3) is 0 Å². The van der Waals surface area contributed by atoms with Gasteiger partial charge in [-0.3, -0.25) is 14.5 Å². The van der Waals surface area contributed by atoms with E-state index in [4.69, 9.17) is 5.26 Å². The van der Waals surface area contributed by atoms with Gasteiger partial charge < -0.3 is 16.0 Å². The topological polar surface area (TPSA) is 114 Å². The molecule has 102 valence electrons. The lowest BCUT2D eigenvalue weighted by atomic mass is 9.88. The number of hydrogen-bond acceptors (Lipinski definition) is 5. The van der Waals surface area contributed by atoms with Crippen molar-refractivity contribution < 1.29 is 14.4 Å². The fraction of sp³-hybridized carbons (Fsp3) is 0.636. The first-order chi connectivity index (χ1) is 9.09. The van der Waals surface area contributed by atoms with Gasteiger partial charge in [-0.1, -0.05) is 0 Å². The number of hydrogen-bond donors (Lipinski definition) is 3. The van der Waals surface area contributed by atoms with Gasteiger partial charge in [0, 0.05) is 0 Å². The highest BCUT2D eigenvalue weighted by molar-refractivity contribution is 6.09. The van der Waals surface area contributed by atoms with Crippen molar-refractivity contribution >= 4 is 17.8 Å². The Labute approximate surface area is 110 Å². The van der Waals surface area contributed by atoms with E-state index in [0.717, 1.165) is 4.90 Å². The molecule has 0 unspecified atom stereocenters. The summed E-state index contributed by atoms with van der Waals surface area (Å²) in [6.07, 6.45) is 1.04. The smallest absolute Gasteiger partial charge is 0.325 e. The normalized spacial score (nSPS) is 21.1. The molecule has 0 aromatic heterocycles. The molecule has 1 spiro atoms. The van der Waals surface area contributed by atoms with Gasteiger partial charge in [0.25, 0.3) is 5.91 Å². The molecule has 0 radical (unpaired) electrons. The molecule has 19 heavy (non-hydrogen) atoms. The fourth-order valence-electron chi connectivity index (χ4n) is 2.35. The largest absolute Gasteiger partial charge is 0.341 e. The highest BCUT2D eigenvalue weighted by Crippen LogP contribution is 2.26. The molecule has 2 heterocycles. The molecule has 3 N–H and O–H groups in total. The van der Waals surface area contributed by atoms with Crippen LogP contribution in [0.2, 0.25) is 0 Å². The third-order valence-electron chi connectivity index (χ3n) is 3.37. The van der Waals surface area contributed by atoms with E-state index in [1.165, 1.54) is 0 Å². The first-order valence-corrected chi connectivity index (χ1v) is 6.07. The van der Waals surface area contributed by atoms with Gasteiger partial charge in [0.15, 0.2) is 0 Å². The van der Waals surface area contributed by atoms with E-state index in [9.17, 15) is 14.4 Å². The summed E-state index contributed by atoms with van der Waals surface area (Å²) in [5.74, 6) is -0.873. The average Bonchev–Trinajstić information content (AvgIpc) is 2.62. The highest BCUT2D eigenvalue weighted by Gasteiger charge is 2.51. The van der Waals surface area contributed by atoms with Crippen LogP contribution in [0.15, 0.2) is 0 Å². The summed E-state index contributed by atoms with van der Waals surface area (Å²) in [5.41, 5.74) is -0.863. The second kappa shape index (κ2) is 5.24. The Hall–Kier alpha value is -2.14. The number of nitriles is 1. The molecular weight excluding hydrogens is 250 g/mol. The molecule has 0 saturated carbocycles. The summed E-state index contributed by atoms with van der Waals surface area (Å²) in [7, 11) is 0. The molecule has 2 fully saturated rings. The molecule has 0 aromatic rings. The van der Waals surface area contributed by atoms with E-state index in [1.807, 2.05) is 0 Å². The van der Waals surface area contributed by atoms with Crippen LogP contribution in [-0.4, -0.2) is 54.5 Å². The average molecular weight is 265 g/mol. The van der Waals surface area contributed by atoms with E-state index in [0.29, 0.717) is 25.9 Å². The number of carbonyl (C=O) groups is 3. The van der Waals surface area contributed by atoms with Gasteiger partial charge in [0.2, 0.25) is 5.91 Å². The molecule has 0 atom stereocenters. The van der Waals surface area contributed by atoms with Crippen molar-refractivity contribution in [2.24, 2.45) is 0 Å². The van der Waals surface area contributed by atoms with Crippen molar-refractivity contribution in [1.29, 1.82) is 5.26 Å². The van der Waals surface area contributed by atoms with Gasteiger partial charge >= 0.3 is 6.03 Å². The fourth-order valence-corrected chi connectivity index (χ4v) is 2.35. The van der Waals surface area contributed by atoms with Crippen molar-refractivity contribution in [3.8, 4) is 6.07 Å². The number of imide groups is 1. The standard InChI is InChI=1S/C11H15N5O3/c12-3-6-14-8(17)7-16-9(18)11(15-10(16)19)1-4-13-5-2-11/h13H,1-2,4-7H2,(H,14,17)(H,15,19). The minimum absolute atomic E-state index is 0.141. The predicted octanol–water partition coefficient (Wildman–Crippen LogP) is -1.70. The van der Waals surface area contributed by atoms with Crippen molar-refractivity contribution in [3.63, 3.8) is 0 Å². The molecule has 2 aliphatic rings. The van der Waals surface area contributed by atoms with Crippen LogP contribution in [0, 0.1) is 11.3 Å². The Balaban J connectivity index is 2.02. The van der Waals surface area contributed by atoms with Crippen molar-refractivity contribution in [1.82, 2.24) is 20.9 Å². The van der Waals surface area contributed by atoms with Crippen molar-refractivity contribution in [3.05, 3.63) is 0 Å². The Kier molecular flexibility index (Phi) is 3.66. The minimum atomic E-state index is -0.863. The molecular formula is C11H15N5O3.